The van der Waals surface area contributed by atoms with Gasteiger partial charge in [-0.25, -0.2) is 4.99 Å². The van der Waals surface area contributed by atoms with Crippen LogP contribution in [0.15, 0.2) is 130 Å². The molecule has 2 aliphatic heterocycles. The van der Waals surface area contributed by atoms with E-state index in [0.29, 0.717) is 10.7 Å². The van der Waals surface area contributed by atoms with Gasteiger partial charge >= 0.3 is 0 Å². The van der Waals surface area contributed by atoms with Crippen LogP contribution in [0.1, 0.15) is 28.3 Å². The van der Waals surface area contributed by atoms with Crippen LogP contribution in [0.5, 0.6) is 5.75 Å². The van der Waals surface area contributed by atoms with E-state index in [9.17, 15) is 9.90 Å². The molecule has 0 fully saturated rings. The first kappa shape index (κ1) is 23.3. The monoisotopic (exact) mass is 576 g/mol. The Bertz CT molecular complexity index is 1710. The van der Waals surface area contributed by atoms with Crippen molar-refractivity contribution in [2.24, 2.45) is 4.99 Å². The molecule has 7 rings (SSSR count). The molecular formula is C32H21BrN2O2S. The van der Waals surface area contributed by atoms with E-state index < -0.39 is 11.6 Å². The number of aromatic hydroxyl groups is 1. The van der Waals surface area contributed by atoms with Crippen molar-refractivity contribution in [3.8, 4) is 5.75 Å². The minimum atomic E-state index is -1.23. The average Bonchev–Trinajstić information content (AvgIpc) is 3.26. The number of aliphatic imine (C=N–C) groups is 1. The summed E-state index contributed by atoms with van der Waals surface area (Å²) >= 11 is 5.09. The highest BCUT2D eigenvalue weighted by Gasteiger charge is 2.55. The number of hydrogen-bond acceptors (Lipinski definition) is 4. The lowest BCUT2D eigenvalue weighted by atomic mass is 9.82. The van der Waals surface area contributed by atoms with Crippen LogP contribution in [0.25, 0.3) is 10.8 Å². The molecule has 1 N–H and O–H groups in total. The third-order valence-corrected chi connectivity index (χ3v) is 8.87. The Morgan fingerprint density at radius 2 is 1.47 bits per heavy atom. The van der Waals surface area contributed by atoms with Crippen molar-refractivity contribution < 1.29 is 9.90 Å². The molecule has 5 aromatic carbocycles. The lowest BCUT2D eigenvalue weighted by molar-refractivity contribution is -0.131. The molecule has 5 aromatic rings. The topological polar surface area (TPSA) is 52.9 Å². The van der Waals surface area contributed by atoms with E-state index in [0.717, 1.165) is 36.8 Å². The number of thioether (sulfide) groups is 1. The maximum atomic E-state index is 14.9. The second-order valence-electron chi connectivity index (χ2n) is 9.42. The molecule has 184 valence electrons. The van der Waals surface area contributed by atoms with Gasteiger partial charge in [-0.15, -0.1) is 0 Å². The van der Waals surface area contributed by atoms with Gasteiger partial charge in [-0.2, -0.15) is 0 Å². The summed E-state index contributed by atoms with van der Waals surface area (Å²) in [5, 5.41) is 13.9. The Morgan fingerprint density at radius 3 is 2.18 bits per heavy atom. The summed E-state index contributed by atoms with van der Waals surface area (Å²) in [5.74, 6) is -0.00610. The molecule has 0 spiro atoms. The summed E-state index contributed by atoms with van der Waals surface area (Å²) in [6.07, 6.45) is 0. The van der Waals surface area contributed by atoms with E-state index in [1.807, 2.05) is 78.9 Å². The van der Waals surface area contributed by atoms with Gasteiger partial charge in [0.1, 0.15) is 5.75 Å². The number of halogens is 1. The fourth-order valence-electron chi connectivity index (χ4n) is 5.62. The molecule has 1 atom stereocenters. The Morgan fingerprint density at radius 1 is 0.816 bits per heavy atom. The summed E-state index contributed by atoms with van der Waals surface area (Å²) in [6.45, 7) is 0. The average molecular weight is 578 g/mol. The summed E-state index contributed by atoms with van der Waals surface area (Å²) in [6, 6.07) is 36.7. The SMILES string of the molecule is O=C1N2C(=NC1(c1ccccc1)c1ccccc1)Sc1ccc3ccccc3c1C2c1cc(Br)ccc1O. The van der Waals surface area contributed by atoms with E-state index in [-0.39, 0.29) is 11.7 Å². The third kappa shape index (κ3) is 3.37. The zero-order valence-corrected chi connectivity index (χ0v) is 22.5. The second kappa shape index (κ2) is 8.86. The molecule has 38 heavy (non-hydrogen) atoms. The summed E-state index contributed by atoms with van der Waals surface area (Å²) in [4.78, 5) is 22.9. The van der Waals surface area contributed by atoms with E-state index in [1.54, 1.807) is 17.0 Å². The van der Waals surface area contributed by atoms with E-state index in [4.69, 9.17) is 4.99 Å². The number of phenolic OH excluding ortho intramolecular Hbond substituents is 1. The number of fused-ring (bicyclic) bond motifs is 4. The van der Waals surface area contributed by atoms with Gasteiger partial charge in [-0.3, -0.25) is 9.69 Å². The third-order valence-electron chi connectivity index (χ3n) is 7.33. The second-order valence-corrected chi connectivity index (χ2v) is 11.3. The van der Waals surface area contributed by atoms with E-state index in [2.05, 4.69) is 40.2 Å². The first-order valence-corrected chi connectivity index (χ1v) is 13.9. The predicted molar refractivity (Wildman–Crippen MR) is 155 cm³/mol. The largest absolute Gasteiger partial charge is 0.508 e. The van der Waals surface area contributed by atoms with Gasteiger partial charge in [0, 0.05) is 20.5 Å². The van der Waals surface area contributed by atoms with Crippen LogP contribution in [-0.4, -0.2) is 21.1 Å². The number of carbonyl (C=O) groups excluding carboxylic acids is 1. The van der Waals surface area contributed by atoms with Crippen LogP contribution in [-0.2, 0) is 10.3 Å². The number of benzene rings is 5. The van der Waals surface area contributed by atoms with Gasteiger partial charge in [0.15, 0.2) is 10.7 Å². The summed E-state index contributed by atoms with van der Waals surface area (Å²) < 4.78 is 0.827. The number of rotatable bonds is 3. The van der Waals surface area contributed by atoms with Gasteiger partial charge in [0.05, 0.1) is 6.04 Å². The quantitative estimate of drug-likeness (QED) is 0.240. The Hall–Kier alpha value is -3.87. The van der Waals surface area contributed by atoms with Gasteiger partial charge < -0.3 is 5.11 Å². The Labute approximate surface area is 232 Å². The first-order valence-electron chi connectivity index (χ1n) is 12.3. The zero-order chi connectivity index (χ0) is 25.9. The van der Waals surface area contributed by atoms with Crippen LogP contribution in [0.2, 0.25) is 0 Å². The van der Waals surface area contributed by atoms with Crippen LogP contribution >= 0.6 is 27.7 Å². The molecule has 0 bridgehead atoms. The molecule has 1 unspecified atom stereocenters. The highest BCUT2D eigenvalue weighted by atomic mass is 79.9. The normalized spacial score (nSPS) is 17.7. The van der Waals surface area contributed by atoms with Crippen LogP contribution in [0.4, 0.5) is 0 Å². The molecule has 2 heterocycles. The number of amidine groups is 1. The molecule has 2 aliphatic rings. The maximum Gasteiger partial charge on any atom is 0.266 e. The van der Waals surface area contributed by atoms with Gasteiger partial charge in [0.25, 0.3) is 5.91 Å². The molecule has 0 saturated carbocycles. The Balaban J connectivity index is 1.54. The first-order chi connectivity index (χ1) is 18.6. The Kier molecular flexibility index (Phi) is 5.42. The van der Waals surface area contributed by atoms with Crippen molar-refractivity contribution in [2.45, 2.75) is 16.5 Å². The van der Waals surface area contributed by atoms with Crippen LogP contribution in [0, 0.1) is 0 Å². The van der Waals surface area contributed by atoms with Crippen LogP contribution < -0.4 is 0 Å². The molecule has 0 aromatic heterocycles. The molecule has 6 heteroatoms. The molecular weight excluding hydrogens is 556 g/mol. The fourth-order valence-corrected chi connectivity index (χ4v) is 7.13. The number of carbonyl (C=O) groups is 1. The molecule has 0 saturated heterocycles. The van der Waals surface area contributed by atoms with E-state index >= 15 is 0 Å². The smallest absolute Gasteiger partial charge is 0.266 e. The van der Waals surface area contributed by atoms with Crippen molar-refractivity contribution >= 4 is 49.5 Å². The number of nitrogens with zero attached hydrogens (tertiary/aromatic N) is 2. The van der Waals surface area contributed by atoms with Gasteiger partial charge in [-0.05, 0) is 46.2 Å². The van der Waals surface area contributed by atoms with Crippen LogP contribution in [0.3, 0.4) is 0 Å². The van der Waals surface area contributed by atoms with Crippen molar-refractivity contribution in [3.63, 3.8) is 0 Å². The molecule has 0 aliphatic carbocycles. The summed E-state index contributed by atoms with van der Waals surface area (Å²) in [7, 11) is 0. The lowest BCUT2D eigenvalue weighted by Gasteiger charge is -2.37. The standard InChI is InChI=1S/C32H21BrN2O2S/c33-23-16-17-26(36)25(19-23)29-28-24-14-8-7-9-20(24)15-18-27(28)38-31-34-32(30(37)35(29)31,21-10-3-1-4-11-21)22-12-5-2-6-13-22/h1-19,29,36H. The van der Waals surface area contributed by atoms with Gasteiger partial charge in [0.2, 0.25) is 0 Å². The molecule has 0 radical (unpaired) electrons. The fraction of sp³-hybridized carbons (Fsp3) is 0.0625. The van der Waals surface area contributed by atoms with Crippen molar-refractivity contribution in [1.82, 2.24) is 4.90 Å². The minimum Gasteiger partial charge on any atom is -0.508 e. The maximum absolute atomic E-state index is 14.9. The summed E-state index contributed by atoms with van der Waals surface area (Å²) in [5.41, 5.74) is 2.03. The van der Waals surface area contributed by atoms with E-state index in [1.165, 1.54) is 11.8 Å². The number of hydrogen-bond donors (Lipinski definition) is 1. The predicted octanol–water partition coefficient (Wildman–Crippen LogP) is 7.65. The highest BCUT2D eigenvalue weighted by Crippen LogP contribution is 2.54. The number of phenols is 1. The molecule has 1 amide bonds. The number of amides is 1. The van der Waals surface area contributed by atoms with Crippen molar-refractivity contribution in [3.05, 3.63) is 142 Å². The highest BCUT2D eigenvalue weighted by molar-refractivity contribution is 9.10. The van der Waals surface area contributed by atoms with Crippen molar-refractivity contribution in [1.29, 1.82) is 0 Å². The minimum absolute atomic E-state index is 0.132. The molecule has 4 nitrogen and oxygen atoms in total. The zero-order valence-electron chi connectivity index (χ0n) is 20.1. The van der Waals surface area contributed by atoms with Crippen molar-refractivity contribution in [2.75, 3.05) is 0 Å². The van der Waals surface area contributed by atoms with Gasteiger partial charge in [-0.1, -0.05) is 119 Å². The lowest BCUT2D eigenvalue weighted by Crippen LogP contribution is -2.44.